The smallest absolute Gasteiger partial charge is 0.341 e. The number of rotatable bonds is 9. The predicted octanol–water partition coefficient (Wildman–Crippen LogP) is 4.80. The van der Waals surface area contributed by atoms with Crippen molar-refractivity contribution in [3.63, 3.8) is 0 Å². The van der Waals surface area contributed by atoms with E-state index in [1.807, 2.05) is 36.4 Å². The van der Waals surface area contributed by atoms with Gasteiger partial charge in [0.2, 0.25) is 0 Å². The van der Waals surface area contributed by atoms with Crippen LogP contribution < -0.4 is 9.47 Å². The van der Waals surface area contributed by atoms with E-state index in [0.29, 0.717) is 11.3 Å². The number of ketones is 1. The van der Waals surface area contributed by atoms with Crippen molar-refractivity contribution in [3.05, 3.63) is 115 Å². The van der Waals surface area contributed by atoms with E-state index in [4.69, 9.17) is 14.6 Å². The van der Waals surface area contributed by atoms with E-state index in [1.54, 1.807) is 30.3 Å². The van der Waals surface area contributed by atoms with Crippen molar-refractivity contribution >= 4 is 23.8 Å². The molecule has 0 saturated carbocycles. The second kappa shape index (κ2) is 11.4. The SMILES string of the molecule is C=CC(=O)Oc1ccc(-c2ccc(/C=C/C(=O)c3ccc(OC(=O)C(=C)CO)cc3)cc2)cc1. The van der Waals surface area contributed by atoms with Gasteiger partial charge in [-0.15, -0.1) is 0 Å². The van der Waals surface area contributed by atoms with Gasteiger partial charge >= 0.3 is 11.9 Å². The summed E-state index contributed by atoms with van der Waals surface area (Å²) in [5, 5.41) is 8.90. The van der Waals surface area contributed by atoms with Crippen LogP contribution in [-0.2, 0) is 9.59 Å². The highest BCUT2D eigenvalue weighted by Crippen LogP contribution is 2.23. The molecule has 0 spiro atoms. The van der Waals surface area contributed by atoms with E-state index in [-0.39, 0.29) is 17.1 Å². The minimum Gasteiger partial charge on any atom is -0.423 e. The molecule has 0 aliphatic rings. The van der Waals surface area contributed by atoms with Gasteiger partial charge in [-0.1, -0.05) is 55.6 Å². The fourth-order valence-corrected chi connectivity index (χ4v) is 2.86. The molecule has 34 heavy (non-hydrogen) atoms. The van der Waals surface area contributed by atoms with Gasteiger partial charge in [0.15, 0.2) is 5.78 Å². The maximum Gasteiger partial charge on any atom is 0.341 e. The molecule has 6 heteroatoms. The standard InChI is InChI=1S/C28H22O6/c1-3-27(31)33-24-13-9-22(10-14-24)21-7-4-20(5-8-21)6-17-26(30)23-11-15-25(16-12-23)34-28(32)19(2)18-29/h3-17,29H,1-2,18H2/b17-6+. The largest absolute Gasteiger partial charge is 0.423 e. The van der Waals surface area contributed by atoms with Gasteiger partial charge in [0.1, 0.15) is 11.5 Å². The molecule has 3 aromatic rings. The zero-order valence-electron chi connectivity index (χ0n) is 18.3. The van der Waals surface area contributed by atoms with Crippen molar-refractivity contribution < 1.29 is 29.0 Å². The van der Waals surface area contributed by atoms with Gasteiger partial charge < -0.3 is 14.6 Å². The van der Waals surface area contributed by atoms with Gasteiger partial charge in [-0.2, -0.15) is 0 Å². The molecule has 0 bridgehead atoms. The molecule has 3 rings (SSSR count). The van der Waals surface area contributed by atoms with Crippen molar-refractivity contribution in [2.75, 3.05) is 6.61 Å². The van der Waals surface area contributed by atoms with Crippen LogP contribution in [0.4, 0.5) is 0 Å². The van der Waals surface area contributed by atoms with Gasteiger partial charge in [0.25, 0.3) is 0 Å². The summed E-state index contributed by atoms with van der Waals surface area (Å²) in [4.78, 5) is 35.3. The summed E-state index contributed by atoms with van der Waals surface area (Å²) in [6.45, 7) is 6.28. The van der Waals surface area contributed by atoms with Gasteiger partial charge in [0, 0.05) is 11.6 Å². The summed E-state index contributed by atoms with van der Waals surface area (Å²) in [7, 11) is 0. The summed E-state index contributed by atoms with van der Waals surface area (Å²) in [6.07, 6.45) is 4.28. The summed E-state index contributed by atoms with van der Waals surface area (Å²) in [6, 6.07) is 20.9. The van der Waals surface area contributed by atoms with E-state index >= 15 is 0 Å². The average molecular weight is 454 g/mol. The van der Waals surface area contributed by atoms with Crippen LogP contribution in [-0.4, -0.2) is 29.4 Å². The lowest BCUT2D eigenvalue weighted by atomic mass is 10.0. The van der Waals surface area contributed by atoms with Gasteiger partial charge in [0.05, 0.1) is 12.2 Å². The van der Waals surface area contributed by atoms with Crippen LogP contribution in [0, 0.1) is 0 Å². The number of hydrogen-bond acceptors (Lipinski definition) is 6. The maximum atomic E-state index is 12.4. The van der Waals surface area contributed by atoms with Crippen LogP contribution in [0.25, 0.3) is 17.2 Å². The number of ether oxygens (including phenoxy) is 2. The molecule has 0 saturated heterocycles. The third kappa shape index (κ3) is 6.48. The Morgan fingerprint density at radius 3 is 1.88 bits per heavy atom. The first-order valence-corrected chi connectivity index (χ1v) is 10.3. The van der Waals surface area contributed by atoms with E-state index in [2.05, 4.69) is 13.2 Å². The Hall–Kier alpha value is -4.55. The molecule has 0 heterocycles. The lowest BCUT2D eigenvalue weighted by molar-refractivity contribution is -0.131. The zero-order valence-corrected chi connectivity index (χ0v) is 18.3. The lowest BCUT2D eigenvalue weighted by Crippen LogP contribution is -2.12. The molecule has 3 aromatic carbocycles. The number of esters is 2. The third-order valence-electron chi connectivity index (χ3n) is 4.74. The summed E-state index contributed by atoms with van der Waals surface area (Å²) in [5.74, 6) is -0.748. The lowest BCUT2D eigenvalue weighted by Gasteiger charge is -2.05. The first kappa shape index (κ1) is 24.1. The van der Waals surface area contributed by atoms with Gasteiger partial charge in [-0.25, -0.2) is 9.59 Å². The minimum atomic E-state index is -0.725. The zero-order chi connectivity index (χ0) is 24.5. The van der Waals surface area contributed by atoms with Crippen molar-refractivity contribution in [3.8, 4) is 22.6 Å². The molecule has 0 atom stereocenters. The second-order valence-electron chi connectivity index (χ2n) is 7.14. The highest BCUT2D eigenvalue weighted by Gasteiger charge is 2.09. The highest BCUT2D eigenvalue weighted by atomic mass is 16.5. The number of benzene rings is 3. The molecule has 0 aromatic heterocycles. The number of carbonyl (C=O) groups is 3. The summed E-state index contributed by atoms with van der Waals surface area (Å²) >= 11 is 0. The molecule has 0 aliphatic heterocycles. The average Bonchev–Trinajstić information content (AvgIpc) is 2.87. The number of aliphatic hydroxyl groups is 1. The van der Waals surface area contributed by atoms with Crippen molar-refractivity contribution in [1.29, 1.82) is 0 Å². The van der Waals surface area contributed by atoms with Crippen LogP contribution in [0.5, 0.6) is 11.5 Å². The molecule has 0 amide bonds. The molecule has 1 N–H and O–H groups in total. The molecule has 0 fully saturated rings. The van der Waals surface area contributed by atoms with E-state index < -0.39 is 18.5 Å². The van der Waals surface area contributed by atoms with Gasteiger partial charge in [-0.3, -0.25) is 4.79 Å². The Morgan fingerprint density at radius 1 is 0.794 bits per heavy atom. The van der Waals surface area contributed by atoms with Crippen LogP contribution in [0.15, 0.2) is 104 Å². The van der Waals surface area contributed by atoms with Crippen molar-refractivity contribution in [2.24, 2.45) is 0 Å². The van der Waals surface area contributed by atoms with Crippen LogP contribution >= 0.6 is 0 Å². The fraction of sp³-hybridized carbons (Fsp3) is 0.0357. The van der Waals surface area contributed by atoms with Gasteiger partial charge in [-0.05, 0) is 59.2 Å². The van der Waals surface area contributed by atoms with Crippen LogP contribution in [0.3, 0.4) is 0 Å². The Morgan fingerprint density at radius 2 is 1.32 bits per heavy atom. The Balaban J connectivity index is 1.61. The third-order valence-corrected chi connectivity index (χ3v) is 4.74. The topological polar surface area (TPSA) is 89.9 Å². The quantitative estimate of drug-likeness (QED) is 0.216. The summed E-state index contributed by atoms with van der Waals surface area (Å²) < 4.78 is 10.1. The Bertz CT molecular complexity index is 1230. The highest BCUT2D eigenvalue weighted by molar-refractivity contribution is 6.07. The molecule has 170 valence electrons. The molecule has 0 unspecified atom stereocenters. The van der Waals surface area contributed by atoms with E-state index in [9.17, 15) is 14.4 Å². The molecular weight excluding hydrogens is 432 g/mol. The Kier molecular flexibility index (Phi) is 8.05. The molecular formula is C28H22O6. The predicted molar refractivity (Wildman–Crippen MR) is 129 cm³/mol. The van der Waals surface area contributed by atoms with Crippen molar-refractivity contribution in [2.45, 2.75) is 0 Å². The number of aliphatic hydroxyl groups excluding tert-OH is 1. The second-order valence-corrected chi connectivity index (χ2v) is 7.14. The number of carbonyl (C=O) groups excluding carboxylic acids is 3. The fourth-order valence-electron chi connectivity index (χ4n) is 2.86. The van der Waals surface area contributed by atoms with Crippen molar-refractivity contribution in [1.82, 2.24) is 0 Å². The normalized spacial score (nSPS) is 10.5. The first-order valence-electron chi connectivity index (χ1n) is 10.3. The molecule has 6 nitrogen and oxygen atoms in total. The van der Waals surface area contributed by atoms with E-state index in [1.165, 1.54) is 18.2 Å². The number of hydrogen-bond donors (Lipinski definition) is 1. The Labute approximate surface area is 197 Å². The van der Waals surface area contributed by atoms with E-state index in [0.717, 1.165) is 22.8 Å². The maximum absolute atomic E-state index is 12.4. The molecule has 0 radical (unpaired) electrons. The minimum absolute atomic E-state index is 0.0554. The number of allylic oxidation sites excluding steroid dienone is 1. The monoisotopic (exact) mass is 454 g/mol. The van der Waals surface area contributed by atoms with Crippen LogP contribution in [0.2, 0.25) is 0 Å². The van der Waals surface area contributed by atoms with Crippen LogP contribution in [0.1, 0.15) is 15.9 Å². The first-order chi connectivity index (χ1) is 16.4. The molecule has 0 aliphatic carbocycles. The summed E-state index contributed by atoms with van der Waals surface area (Å²) in [5.41, 5.74) is 3.15.